The van der Waals surface area contributed by atoms with Gasteiger partial charge in [-0.1, -0.05) is 12.1 Å². The second-order valence-electron chi connectivity index (χ2n) is 4.38. The second-order valence-corrected chi connectivity index (χ2v) is 4.38. The van der Waals surface area contributed by atoms with Crippen molar-refractivity contribution in [3.8, 4) is 0 Å². The predicted molar refractivity (Wildman–Crippen MR) is 73.3 cm³/mol. The van der Waals surface area contributed by atoms with Gasteiger partial charge in [0.05, 0.1) is 23.4 Å². The van der Waals surface area contributed by atoms with Gasteiger partial charge in [0.1, 0.15) is 5.76 Å². The van der Waals surface area contributed by atoms with Crippen LogP contribution in [0.2, 0.25) is 0 Å². The third-order valence-electron chi connectivity index (χ3n) is 2.79. The second kappa shape index (κ2) is 5.56. The quantitative estimate of drug-likeness (QED) is 0.883. The van der Waals surface area contributed by atoms with Gasteiger partial charge in [0, 0.05) is 6.92 Å². The van der Waals surface area contributed by atoms with Crippen molar-refractivity contribution in [3.05, 3.63) is 47.2 Å². The SMILES string of the molecule is Cc1nc(C)c(CC(=O)Nc2ccccc2C(N)=O)o1. The first-order valence-corrected chi connectivity index (χ1v) is 6.09. The predicted octanol–water partition coefficient (Wildman–Crippen LogP) is 1.57. The highest BCUT2D eigenvalue weighted by atomic mass is 16.4. The number of amides is 2. The summed E-state index contributed by atoms with van der Waals surface area (Å²) < 4.78 is 5.34. The zero-order chi connectivity index (χ0) is 14.7. The summed E-state index contributed by atoms with van der Waals surface area (Å²) in [7, 11) is 0. The Kier molecular flexibility index (Phi) is 3.84. The standard InChI is InChI=1S/C14H15N3O3/c1-8-12(20-9(2)16-8)7-13(18)17-11-6-4-3-5-10(11)14(15)19/h3-6H,7H2,1-2H3,(H2,15,19)(H,17,18). The smallest absolute Gasteiger partial charge is 0.250 e. The lowest BCUT2D eigenvalue weighted by molar-refractivity contribution is -0.115. The van der Waals surface area contributed by atoms with E-state index in [1.54, 1.807) is 38.1 Å². The summed E-state index contributed by atoms with van der Waals surface area (Å²) in [5.74, 6) is 0.143. The van der Waals surface area contributed by atoms with Gasteiger partial charge in [-0.2, -0.15) is 0 Å². The lowest BCUT2D eigenvalue weighted by Crippen LogP contribution is -2.19. The lowest BCUT2D eigenvalue weighted by Gasteiger charge is -2.08. The molecule has 3 N–H and O–H groups in total. The molecule has 6 heteroatoms. The maximum Gasteiger partial charge on any atom is 0.250 e. The number of nitrogens with zero attached hydrogens (tertiary/aromatic N) is 1. The van der Waals surface area contributed by atoms with Gasteiger partial charge in [0.15, 0.2) is 5.89 Å². The van der Waals surface area contributed by atoms with E-state index in [9.17, 15) is 9.59 Å². The van der Waals surface area contributed by atoms with E-state index in [-0.39, 0.29) is 17.9 Å². The number of rotatable bonds is 4. The molecule has 0 saturated heterocycles. The first-order valence-electron chi connectivity index (χ1n) is 6.09. The first kappa shape index (κ1) is 13.8. The number of carbonyl (C=O) groups is 2. The summed E-state index contributed by atoms with van der Waals surface area (Å²) in [4.78, 5) is 27.3. The molecule has 2 rings (SSSR count). The Labute approximate surface area is 116 Å². The zero-order valence-electron chi connectivity index (χ0n) is 11.3. The van der Waals surface area contributed by atoms with E-state index in [1.165, 1.54) is 0 Å². The number of aryl methyl sites for hydroxylation is 2. The molecule has 0 unspecified atom stereocenters. The van der Waals surface area contributed by atoms with E-state index in [4.69, 9.17) is 10.2 Å². The molecule has 104 valence electrons. The molecule has 0 fully saturated rings. The molecule has 6 nitrogen and oxygen atoms in total. The van der Waals surface area contributed by atoms with E-state index in [2.05, 4.69) is 10.3 Å². The molecule has 0 aliphatic heterocycles. The molecule has 0 bridgehead atoms. The van der Waals surface area contributed by atoms with Crippen LogP contribution in [0, 0.1) is 13.8 Å². The summed E-state index contributed by atoms with van der Waals surface area (Å²) >= 11 is 0. The fraction of sp³-hybridized carbons (Fsp3) is 0.214. The minimum absolute atomic E-state index is 0.0553. The number of nitrogens with two attached hydrogens (primary N) is 1. The van der Waals surface area contributed by atoms with Gasteiger partial charge in [-0.05, 0) is 19.1 Å². The minimum Gasteiger partial charge on any atom is -0.445 e. The topological polar surface area (TPSA) is 98.2 Å². The Morgan fingerprint density at radius 1 is 1.30 bits per heavy atom. The van der Waals surface area contributed by atoms with E-state index >= 15 is 0 Å². The van der Waals surface area contributed by atoms with Crippen molar-refractivity contribution in [1.29, 1.82) is 0 Å². The number of hydrogen-bond donors (Lipinski definition) is 2. The Morgan fingerprint density at radius 3 is 2.60 bits per heavy atom. The van der Waals surface area contributed by atoms with Gasteiger partial charge in [-0.25, -0.2) is 4.98 Å². The van der Waals surface area contributed by atoms with Crippen LogP contribution in [0.4, 0.5) is 5.69 Å². The fourth-order valence-electron chi connectivity index (χ4n) is 1.88. The summed E-state index contributed by atoms with van der Waals surface area (Å²) in [6.45, 7) is 3.49. The van der Waals surface area contributed by atoms with Crippen molar-refractivity contribution < 1.29 is 14.0 Å². The van der Waals surface area contributed by atoms with Gasteiger partial charge in [0.2, 0.25) is 5.91 Å². The summed E-state index contributed by atoms with van der Waals surface area (Å²) in [6.07, 6.45) is 0.0553. The highest BCUT2D eigenvalue weighted by Gasteiger charge is 2.14. The number of primary amides is 1. The van der Waals surface area contributed by atoms with Crippen molar-refractivity contribution in [2.75, 3.05) is 5.32 Å². The molecule has 0 radical (unpaired) electrons. The lowest BCUT2D eigenvalue weighted by atomic mass is 10.1. The van der Waals surface area contributed by atoms with Gasteiger partial charge < -0.3 is 15.5 Å². The van der Waals surface area contributed by atoms with Crippen LogP contribution in [0.3, 0.4) is 0 Å². The maximum atomic E-state index is 12.0. The monoisotopic (exact) mass is 273 g/mol. The minimum atomic E-state index is -0.590. The van der Waals surface area contributed by atoms with Crippen LogP contribution in [-0.2, 0) is 11.2 Å². The van der Waals surface area contributed by atoms with E-state index < -0.39 is 5.91 Å². The van der Waals surface area contributed by atoms with Gasteiger partial charge in [-0.15, -0.1) is 0 Å². The Balaban J connectivity index is 2.13. The van der Waals surface area contributed by atoms with Crippen LogP contribution in [0.25, 0.3) is 0 Å². The molecular weight excluding hydrogens is 258 g/mol. The third kappa shape index (κ3) is 3.03. The molecule has 0 spiro atoms. The molecule has 2 aromatic rings. The average molecular weight is 273 g/mol. The molecule has 2 amide bonds. The molecule has 20 heavy (non-hydrogen) atoms. The van der Waals surface area contributed by atoms with Crippen LogP contribution in [-0.4, -0.2) is 16.8 Å². The molecule has 0 aliphatic rings. The van der Waals surface area contributed by atoms with Crippen molar-refractivity contribution in [2.45, 2.75) is 20.3 Å². The molecule has 1 aromatic heterocycles. The molecular formula is C14H15N3O3. The molecule has 0 aliphatic carbocycles. The van der Waals surface area contributed by atoms with Crippen molar-refractivity contribution in [1.82, 2.24) is 4.98 Å². The van der Waals surface area contributed by atoms with Crippen molar-refractivity contribution >= 4 is 17.5 Å². The van der Waals surface area contributed by atoms with Crippen LogP contribution in [0.15, 0.2) is 28.7 Å². The number of hydrogen-bond acceptors (Lipinski definition) is 4. The van der Waals surface area contributed by atoms with E-state index in [0.717, 1.165) is 0 Å². The number of carbonyl (C=O) groups excluding carboxylic acids is 2. The van der Waals surface area contributed by atoms with E-state index in [0.29, 0.717) is 23.0 Å². The third-order valence-corrected chi connectivity index (χ3v) is 2.79. The van der Waals surface area contributed by atoms with Crippen LogP contribution < -0.4 is 11.1 Å². The Morgan fingerprint density at radius 2 is 2.00 bits per heavy atom. The largest absolute Gasteiger partial charge is 0.445 e. The highest BCUT2D eigenvalue weighted by molar-refractivity contribution is 6.03. The summed E-state index contributed by atoms with van der Waals surface area (Å²) in [5.41, 5.74) is 6.59. The number of anilines is 1. The number of benzene rings is 1. The molecule has 1 aromatic carbocycles. The zero-order valence-corrected chi connectivity index (χ0v) is 11.3. The fourth-order valence-corrected chi connectivity index (χ4v) is 1.88. The average Bonchev–Trinajstić information content (AvgIpc) is 2.68. The molecule has 0 atom stereocenters. The van der Waals surface area contributed by atoms with Gasteiger partial charge in [0.25, 0.3) is 5.91 Å². The summed E-state index contributed by atoms with van der Waals surface area (Å²) in [6, 6.07) is 6.57. The maximum absolute atomic E-state index is 12.0. The Hall–Kier alpha value is -2.63. The van der Waals surface area contributed by atoms with Gasteiger partial charge >= 0.3 is 0 Å². The number of oxazole rings is 1. The van der Waals surface area contributed by atoms with Crippen molar-refractivity contribution in [3.63, 3.8) is 0 Å². The van der Waals surface area contributed by atoms with Crippen molar-refractivity contribution in [2.24, 2.45) is 5.73 Å². The highest BCUT2D eigenvalue weighted by Crippen LogP contribution is 2.16. The number of para-hydroxylation sites is 1. The molecule has 1 heterocycles. The first-order chi connectivity index (χ1) is 9.47. The number of nitrogens with one attached hydrogen (secondary N) is 1. The molecule has 0 saturated carbocycles. The normalized spacial score (nSPS) is 10.3. The van der Waals surface area contributed by atoms with Crippen LogP contribution >= 0.6 is 0 Å². The van der Waals surface area contributed by atoms with Crippen LogP contribution in [0.5, 0.6) is 0 Å². The number of aromatic nitrogens is 1. The summed E-state index contributed by atoms with van der Waals surface area (Å²) in [5, 5.41) is 2.65. The van der Waals surface area contributed by atoms with Gasteiger partial charge in [-0.3, -0.25) is 9.59 Å². The van der Waals surface area contributed by atoms with Crippen LogP contribution in [0.1, 0.15) is 27.7 Å². The Bertz CT molecular complexity index is 661. The van der Waals surface area contributed by atoms with E-state index in [1.807, 2.05) is 0 Å².